The smallest absolute Gasteiger partial charge is 0.281 e. The van der Waals surface area contributed by atoms with Crippen molar-refractivity contribution in [2.75, 3.05) is 44.7 Å². The van der Waals surface area contributed by atoms with Gasteiger partial charge in [-0.1, -0.05) is 0 Å². The Morgan fingerprint density at radius 2 is 2.17 bits per heavy atom. The number of nitriles is 1. The van der Waals surface area contributed by atoms with Crippen molar-refractivity contribution in [3.05, 3.63) is 18.3 Å². The molecule has 126 valence electrons. The molecule has 1 aliphatic rings. The van der Waals surface area contributed by atoms with E-state index in [2.05, 4.69) is 16.3 Å². The molecule has 0 amide bonds. The maximum absolute atomic E-state index is 12.6. The van der Waals surface area contributed by atoms with E-state index in [1.54, 1.807) is 13.1 Å². The summed E-state index contributed by atoms with van der Waals surface area (Å²) in [5.74, 6) is 0.427. The second-order valence-corrected chi connectivity index (χ2v) is 7.68. The fraction of sp³-hybridized carbons (Fsp3) is 0.643. The number of nitrogens with zero attached hydrogens (tertiary/aromatic N) is 6. The first-order chi connectivity index (χ1) is 10.9. The number of rotatable bonds is 5. The lowest BCUT2D eigenvalue weighted by Gasteiger charge is -2.27. The van der Waals surface area contributed by atoms with E-state index in [1.165, 1.54) is 15.7 Å². The van der Waals surface area contributed by atoms with Crippen LogP contribution in [0.4, 0.5) is 5.82 Å². The highest BCUT2D eigenvalue weighted by atomic mass is 32.2. The van der Waals surface area contributed by atoms with Crippen molar-refractivity contribution < 1.29 is 8.42 Å². The molecular weight excluding hydrogens is 316 g/mol. The van der Waals surface area contributed by atoms with Crippen molar-refractivity contribution in [3.63, 3.8) is 0 Å². The first-order valence-corrected chi connectivity index (χ1v) is 8.98. The molecule has 1 fully saturated rings. The first-order valence-electron chi connectivity index (χ1n) is 7.59. The van der Waals surface area contributed by atoms with E-state index in [1.807, 2.05) is 17.0 Å². The third-order valence-electron chi connectivity index (χ3n) is 3.81. The molecule has 1 aromatic heterocycles. The molecule has 1 atom stereocenters. The Morgan fingerprint density at radius 1 is 1.39 bits per heavy atom. The number of hydrogen-bond donors (Lipinski definition) is 0. The van der Waals surface area contributed by atoms with E-state index in [0.29, 0.717) is 19.6 Å². The van der Waals surface area contributed by atoms with Crippen molar-refractivity contribution in [2.24, 2.45) is 5.92 Å². The molecule has 2 heterocycles. The lowest BCUT2D eigenvalue weighted by Crippen LogP contribution is -2.44. The van der Waals surface area contributed by atoms with Crippen LogP contribution >= 0.6 is 0 Å². The Hall–Kier alpha value is -1.76. The predicted molar refractivity (Wildman–Crippen MR) is 86.8 cm³/mol. The van der Waals surface area contributed by atoms with Crippen LogP contribution in [0.5, 0.6) is 0 Å². The molecule has 1 saturated heterocycles. The van der Waals surface area contributed by atoms with Gasteiger partial charge in [-0.3, -0.25) is 0 Å². The summed E-state index contributed by atoms with van der Waals surface area (Å²) < 4.78 is 28.0. The quantitative estimate of drug-likeness (QED) is 0.768. The molecule has 23 heavy (non-hydrogen) atoms. The molecule has 0 aromatic carbocycles. The zero-order valence-corrected chi connectivity index (χ0v) is 14.3. The van der Waals surface area contributed by atoms with Gasteiger partial charge in [-0.2, -0.15) is 27.4 Å². The fourth-order valence-corrected chi connectivity index (χ4v) is 4.01. The molecule has 0 bridgehead atoms. The van der Waals surface area contributed by atoms with Crippen LogP contribution in [0, 0.1) is 17.2 Å². The number of anilines is 1. The van der Waals surface area contributed by atoms with Gasteiger partial charge >= 0.3 is 0 Å². The molecule has 1 aliphatic heterocycles. The molecule has 2 rings (SSSR count). The molecule has 0 N–H and O–H groups in total. The van der Waals surface area contributed by atoms with Crippen LogP contribution in [0.2, 0.25) is 0 Å². The molecular formula is C14H22N6O2S. The van der Waals surface area contributed by atoms with E-state index in [4.69, 9.17) is 5.26 Å². The van der Waals surface area contributed by atoms with E-state index in [-0.39, 0.29) is 12.5 Å². The number of hydrogen-bond acceptors (Lipinski definition) is 6. The summed E-state index contributed by atoms with van der Waals surface area (Å²) in [4.78, 5) is 2.04. The highest BCUT2D eigenvalue weighted by Crippen LogP contribution is 2.16. The summed E-state index contributed by atoms with van der Waals surface area (Å²) in [6.45, 7) is 4.07. The lowest BCUT2D eigenvalue weighted by molar-refractivity contribution is 0.360. The van der Waals surface area contributed by atoms with Gasteiger partial charge in [-0.15, -0.1) is 5.10 Å². The number of aromatic nitrogens is 2. The van der Waals surface area contributed by atoms with Gasteiger partial charge < -0.3 is 4.90 Å². The van der Waals surface area contributed by atoms with Gasteiger partial charge in [0.05, 0.1) is 12.0 Å². The van der Waals surface area contributed by atoms with Crippen molar-refractivity contribution in [2.45, 2.75) is 13.3 Å². The minimum Gasteiger partial charge on any atom is -0.354 e. The standard InChI is InChI=1S/C14H22N6O2S/c1-13(11-15)12-18(2)23(21,22)20-8-4-7-19(9-10-20)14-5-3-6-16-17-14/h3,5-6,13H,4,7-10,12H2,1-2H3/t13-/m1/s1. The molecule has 8 nitrogen and oxygen atoms in total. The van der Waals surface area contributed by atoms with Crippen LogP contribution < -0.4 is 4.90 Å². The third kappa shape index (κ3) is 4.37. The molecule has 0 spiro atoms. The molecule has 1 aromatic rings. The SMILES string of the molecule is C[C@H](C#N)CN(C)S(=O)(=O)N1CCCN(c2cccnn2)CC1. The Labute approximate surface area is 137 Å². The fourth-order valence-electron chi connectivity index (χ4n) is 2.53. The largest absolute Gasteiger partial charge is 0.354 e. The minimum absolute atomic E-state index is 0.198. The minimum atomic E-state index is -3.54. The monoisotopic (exact) mass is 338 g/mol. The van der Waals surface area contributed by atoms with Crippen molar-refractivity contribution in [1.29, 1.82) is 5.26 Å². The van der Waals surface area contributed by atoms with Crippen LogP contribution in [-0.2, 0) is 10.2 Å². The second kappa shape index (κ2) is 7.68. The lowest BCUT2D eigenvalue weighted by atomic mass is 10.2. The zero-order valence-electron chi connectivity index (χ0n) is 13.5. The summed E-state index contributed by atoms with van der Waals surface area (Å²) in [5, 5.41) is 16.8. The van der Waals surface area contributed by atoms with Gasteiger partial charge in [0.25, 0.3) is 10.2 Å². The highest BCUT2D eigenvalue weighted by molar-refractivity contribution is 7.86. The van der Waals surface area contributed by atoms with Crippen molar-refractivity contribution in [3.8, 4) is 6.07 Å². The predicted octanol–water partition coefficient (Wildman–Crippen LogP) is 0.325. The summed E-state index contributed by atoms with van der Waals surface area (Å²) in [6.07, 6.45) is 2.33. The van der Waals surface area contributed by atoms with Crippen molar-refractivity contribution in [1.82, 2.24) is 18.8 Å². The average Bonchev–Trinajstić information content (AvgIpc) is 2.82. The van der Waals surface area contributed by atoms with Crippen molar-refractivity contribution >= 4 is 16.0 Å². The van der Waals surface area contributed by atoms with Gasteiger partial charge in [0.1, 0.15) is 0 Å². The summed E-state index contributed by atoms with van der Waals surface area (Å²) in [5.41, 5.74) is 0. The van der Waals surface area contributed by atoms with E-state index in [0.717, 1.165) is 18.8 Å². The van der Waals surface area contributed by atoms with Gasteiger partial charge in [-0.05, 0) is 25.5 Å². The Morgan fingerprint density at radius 3 is 2.83 bits per heavy atom. The normalized spacial score (nSPS) is 18.4. The van der Waals surface area contributed by atoms with Crippen LogP contribution in [0.25, 0.3) is 0 Å². The molecule has 0 saturated carbocycles. The van der Waals surface area contributed by atoms with Crippen LogP contribution in [0.3, 0.4) is 0 Å². The topological polar surface area (TPSA) is 93.4 Å². The van der Waals surface area contributed by atoms with Crippen LogP contribution in [0.1, 0.15) is 13.3 Å². The van der Waals surface area contributed by atoms with Gasteiger partial charge in [0.15, 0.2) is 5.82 Å². The maximum atomic E-state index is 12.6. The van der Waals surface area contributed by atoms with E-state index in [9.17, 15) is 8.42 Å². The van der Waals surface area contributed by atoms with E-state index >= 15 is 0 Å². The highest BCUT2D eigenvalue weighted by Gasteiger charge is 2.29. The average molecular weight is 338 g/mol. The first kappa shape index (κ1) is 17.6. The second-order valence-electron chi connectivity index (χ2n) is 5.64. The molecule has 0 unspecified atom stereocenters. The van der Waals surface area contributed by atoms with Crippen LogP contribution in [-0.4, -0.2) is 67.0 Å². The Balaban J connectivity index is 2.03. The van der Waals surface area contributed by atoms with E-state index < -0.39 is 10.2 Å². The van der Waals surface area contributed by atoms with Gasteiger partial charge in [0, 0.05) is 46.0 Å². The zero-order chi connectivity index (χ0) is 16.9. The third-order valence-corrected chi connectivity index (χ3v) is 5.76. The molecule has 0 radical (unpaired) electrons. The maximum Gasteiger partial charge on any atom is 0.281 e. The van der Waals surface area contributed by atoms with Gasteiger partial charge in [-0.25, -0.2) is 0 Å². The Bertz CT molecular complexity index is 645. The van der Waals surface area contributed by atoms with Gasteiger partial charge in [0.2, 0.25) is 0 Å². The summed E-state index contributed by atoms with van der Waals surface area (Å²) in [6, 6.07) is 5.75. The summed E-state index contributed by atoms with van der Waals surface area (Å²) in [7, 11) is -2.02. The van der Waals surface area contributed by atoms with Crippen LogP contribution in [0.15, 0.2) is 18.3 Å². The Kier molecular flexibility index (Phi) is 5.87. The molecule has 0 aliphatic carbocycles. The molecule has 9 heteroatoms. The summed E-state index contributed by atoms with van der Waals surface area (Å²) >= 11 is 0.